The van der Waals surface area contributed by atoms with Gasteiger partial charge in [0.05, 0.1) is 0 Å². The zero-order chi connectivity index (χ0) is 15.2. The molecule has 0 bridgehead atoms. The molecule has 0 spiro atoms. The molecule has 2 amide bonds. The van der Waals surface area contributed by atoms with Gasteiger partial charge < -0.3 is 15.3 Å². The number of hydrogen-bond acceptors (Lipinski definition) is 2. The van der Waals surface area contributed by atoms with Crippen molar-refractivity contribution in [1.29, 1.82) is 0 Å². The zero-order valence-electron chi connectivity index (χ0n) is 12.3. The van der Waals surface area contributed by atoms with Crippen LogP contribution < -0.4 is 5.32 Å². The van der Waals surface area contributed by atoms with Crippen LogP contribution in [0.2, 0.25) is 0 Å². The van der Waals surface area contributed by atoms with Crippen LogP contribution in [0.25, 0.3) is 0 Å². The number of carbonyl (C=O) groups is 2. The van der Waals surface area contributed by atoms with Gasteiger partial charge >= 0.3 is 12.0 Å². The van der Waals surface area contributed by atoms with Gasteiger partial charge in [-0.1, -0.05) is 37.3 Å². The largest absolute Gasteiger partial charge is 0.479 e. The number of rotatable bonds is 3. The Morgan fingerprint density at radius 2 is 1.95 bits per heavy atom. The van der Waals surface area contributed by atoms with Gasteiger partial charge in [-0.3, -0.25) is 0 Å². The summed E-state index contributed by atoms with van der Waals surface area (Å²) in [5.74, 6) is -0.426. The first-order chi connectivity index (χ1) is 10.1. The number of amides is 2. The van der Waals surface area contributed by atoms with Gasteiger partial charge in [0.15, 0.2) is 6.04 Å². The van der Waals surface area contributed by atoms with E-state index in [4.69, 9.17) is 0 Å². The van der Waals surface area contributed by atoms with Crippen molar-refractivity contribution in [1.82, 2.24) is 10.2 Å². The van der Waals surface area contributed by atoms with E-state index in [1.54, 1.807) is 29.2 Å². The predicted octanol–water partition coefficient (Wildman–Crippen LogP) is 2.64. The second kappa shape index (κ2) is 7.11. The minimum atomic E-state index is -1.04. The van der Waals surface area contributed by atoms with Crippen molar-refractivity contribution in [3.8, 4) is 0 Å². The molecule has 0 aliphatic carbocycles. The van der Waals surface area contributed by atoms with Gasteiger partial charge in [0, 0.05) is 13.1 Å². The highest BCUT2D eigenvalue weighted by Crippen LogP contribution is 2.18. The van der Waals surface area contributed by atoms with Crippen molar-refractivity contribution in [2.24, 2.45) is 5.92 Å². The van der Waals surface area contributed by atoms with Crippen molar-refractivity contribution < 1.29 is 14.7 Å². The van der Waals surface area contributed by atoms with Crippen LogP contribution in [0, 0.1) is 5.92 Å². The van der Waals surface area contributed by atoms with Crippen molar-refractivity contribution in [3.63, 3.8) is 0 Å². The summed E-state index contributed by atoms with van der Waals surface area (Å²) in [7, 11) is 0. The third-order valence-corrected chi connectivity index (χ3v) is 3.95. The number of nitrogens with zero attached hydrogens (tertiary/aromatic N) is 1. The SMILES string of the molecule is CC1CCCN(C(=O)N[C@H](C(=O)O)c2ccccc2)CC1. The van der Waals surface area contributed by atoms with Crippen LogP contribution in [0.15, 0.2) is 30.3 Å². The molecule has 0 saturated carbocycles. The van der Waals surface area contributed by atoms with Crippen LogP contribution in [0.5, 0.6) is 0 Å². The molecule has 0 aromatic heterocycles. The molecular weight excluding hydrogens is 268 g/mol. The fourth-order valence-electron chi connectivity index (χ4n) is 2.61. The Bertz CT molecular complexity index is 490. The van der Waals surface area contributed by atoms with Crippen LogP contribution in [-0.2, 0) is 4.79 Å². The third-order valence-electron chi connectivity index (χ3n) is 3.95. The summed E-state index contributed by atoms with van der Waals surface area (Å²) < 4.78 is 0. The smallest absolute Gasteiger partial charge is 0.330 e. The third kappa shape index (κ3) is 4.21. The quantitative estimate of drug-likeness (QED) is 0.899. The van der Waals surface area contributed by atoms with Crippen molar-refractivity contribution in [2.45, 2.75) is 32.2 Å². The van der Waals surface area contributed by atoms with Gasteiger partial charge in [0.2, 0.25) is 0 Å². The first kappa shape index (κ1) is 15.4. The number of urea groups is 1. The molecule has 2 N–H and O–H groups in total. The van der Waals surface area contributed by atoms with Crippen LogP contribution in [0.4, 0.5) is 4.79 Å². The summed E-state index contributed by atoms with van der Waals surface area (Å²) in [5, 5.41) is 12.0. The van der Waals surface area contributed by atoms with Crippen LogP contribution >= 0.6 is 0 Å². The van der Waals surface area contributed by atoms with Gasteiger partial charge in [-0.25, -0.2) is 9.59 Å². The zero-order valence-corrected chi connectivity index (χ0v) is 12.3. The Balaban J connectivity index is 2.03. The fourth-order valence-corrected chi connectivity index (χ4v) is 2.61. The van der Waals surface area contributed by atoms with Crippen molar-refractivity contribution in [3.05, 3.63) is 35.9 Å². The van der Waals surface area contributed by atoms with Crippen LogP contribution in [0.3, 0.4) is 0 Å². The molecule has 0 radical (unpaired) electrons. The van der Waals surface area contributed by atoms with Crippen molar-refractivity contribution >= 4 is 12.0 Å². The van der Waals surface area contributed by atoms with Gasteiger partial charge in [0.1, 0.15) is 0 Å². The molecule has 21 heavy (non-hydrogen) atoms. The van der Waals surface area contributed by atoms with E-state index in [2.05, 4.69) is 12.2 Å². The average molecular weight is 290 g/mol. The van der Waals surface area contributed by atoms with Gasteiger partial charge in [-0.05, 0) is 30.7 Å². The summed E-state index contributed by atoms with van der Waals surface area (Å²) in [6.07, 6.45) is 3.05. The van der Waals surface area contributed by atoms with Crippen molar-refractivity contribution in [2.75, 3.05) is 13.1 Å². The minimum Gasteiger partial charge on any atom is -0.479 e. The number of carbonyl (C=O) groups excluding carboxylic acids is 1. The van der Waals surface area contributed by atoms with E-state index in [0.717, 1.165) is 19.3 Å². The molecule has 2 atom stereocenters. The fraction of sp³-hybridized carbons (Fsp3) is 0.500. The topological polar surface area (TPSA) is 69.6 Å². The molecule has 1 heterocycles. The number of likely N-dealkylation sites (tertiary alicyclic amines) is 1. The summed E-state index contributed by atoms with van der Waals surface area (Å²) in [5.41, 5.74) is 0.585. The predicted molar refractivity (Wildman–Crippen MR) is 79.9 cm³/mol. The van der Waals surface area contributed by atoms with E-state index in [-0.39, 0.29) is 6.03 Å². The molecule has 1 fully saturated rings. The molecule has 1 saturated heterocycles. The maximum Gasteiger partial charge on any atom is 0.330 e. The molecule has 5 heteroatoms. The first-order valence-corrected chi connectivity index (χ1v) is 7.41. The van der Waals surface area contributed by atoms with Crippen LogP contribution in [-0.4, -0.2) is 35.1 Å². The average Bonchev–Trinajstić information content (AvgIpc) is 2.70. The molecule has 1 aromatic rings. The van der Waals surface area contributed by atoms with E-state index in [1.807, 2.05) is 6.07 Å². The molecule has 2 rings (SSSR count). The molecule has 5 nitrogen and oxygen atoms in total. The number of benzene rings is 1. The summed E-state index contributed by atoms with van der Waals surface area (Å²) in [6.45, 7) is 3.57. The maximum absolute atomic E-state index is 12.3. The molecule has 114 valence electrons. The highest BCUT2D eigenvalue weighted by molar-refractivity contribution is 5.83. The minimum absolute atomic E-state index is 0.291. The lowest BCUT2D eigenvalue weighted by Crippen LogP contribution is -2.44. The molecular formula is C16H22N2O3. The second-order valence-corrected chi connectivity index (χ2v) is 5.65. The number of nitrogens with one attached hydrogen (secondary N) is 1. The second-order valence-electron chi connectivity index (χ2n) is 5.65. The highest BCUT2D eigenvalue weighted by Gasteiger charge is 2.25. The van der Waals surface area contributed by atoms with Gasteiger partial charge in [-0.2, -0.15) is 0 Å². The lowest BCUT2D eigenvalue weighted by Gasteiger charge is -2.24. The van der Waals surface area contributed by atoms with E-state index in [1.165, 1.54) is 0 Å². The number of carboxylic acid groups (broad SMARTS) is 1. The van der Waals surface area contributed by atoms with E-state index >= 15 is 0 Å². The standard InChI is InChI=1S/C16H22N2O3/c1-12-6-5-10-18(11-9-12)16(21)17-14(15(19)20)13-7-3-2-4-8-13/h2-4,7-8,12,14H,5-6,9-11H2,1H3,(H,17,21)(H,19,20)/t12?,14-/m0/s1. The number of carboxylic acids is 1. The lowest BCUT2D eigenvalue weighted by molar-refractivity contribution is -0.139. The molecule has 1 aliphatic heterocycles. The highest BCUT2D eigenvalue weighted by atomic mass is 16.4. The van der Waals surface area contributed by atoms with Gasteiger partial charge in [-0.15, -0.1) is 0 Å². The summed E-state index contributed by atoms with van der Waals surface area (Å²) in [6, 6.07) is 7.49. The Hall–Kier alpha value is -2.04. The summed E-state index contributed by atoms with van der Waals surface area (Å²) in [4.78, 5) is 25.4. The van der Waals surface area contributed by atoms with E-state index < -0.39 is 12.0 Å². The maximum atomic E-state index is 12.3. The normalized spacial score (nSPS) is 20.4. The molecule has 1 aromatic carbocycles. The Kier molecular flexibility index (Phi) is 5.20. The number of aliphatic carboxylic acids is 1. The van der Waals surface area contributed by atoms with Gasteiger partial charge in [0.25, 0.3) is 0 Å². The van der Waals surface area contributed by atoms with E-state index in [0.29, 0.717) is 24.6 Å². The Labute approximate surface area is 125 Å². The van der Waals surface area contributed by atoms with E-state index in [9.17, 15) is 14.7 Å². The Morgan fingerprint density at radius 1 is 1.24 bits per heavy atom. The number of hydrogen-bond donors (Lipinski definition) is 2. The Morgan fingerprint density at radius 3 is 2.62 bits per heavy atom. The summed E-state index contributed by atoms with van der Waals surface area (Å²) >= 11 is 0. The molecule has 1 aliphatic rings. The molecule has 1 unspecified atom stereocenters. The first-order valence-electron chi connectivity index (χ1n) is 7.41. The monoisotopic (exact) mass is 290 g/mol. The lowest BCUT2D eigenvalue weighted by atomic mass is 10.0. The van der Waals surface area contributed by atoms with Crippen LogP contribution in [0.1, 0.15) is 37.8 Å².